The smallest absolute Gasteiger partial charge is 0.295 e. The van der Waals surface area contributed by atoms with Crippen molar-refractivity contribution in [2.75, 3.05) is 17.2 Å². The second-order valence-corrected chi connectivity index (χ2v) is 12.4. The summed E-state index contributed by atoms with van der Waals surface area (Å²) in [5.41, 5.74) is 2.81. The molecular formula is C38H37N5O5S. The number of hydrogen-bond acceptors (Lipinski definition) is 6. The average molecular weight is 676 g/mol. The van der Waals surface area contributed by atoms with Crippen molar-refractivity contribution < 1.29 is 19.1 Å². The second kappa shape index (κ2) is 15.9. The predicted octanol–water partition coefficient (Wildman–Crippen LogP) is 6.41. The number of rotatable bonds is 12. The number of ether oxygens (including phenoxy) is 1. The number of nitrogens with zero attached hydrogens (tertiary/aromatic N) is 2. The van der Waals surface area contributed by atoms with Crippen LogP contribution in [0.2, 0.25) is 0 Å². The summed E-state index contributed by atoms with van der Waals surface area (Å²) in [6.07, 6.45) is 1.58. The molecule has 0 aliphatic carbocycles. The number of para-hydroxylation sites is 2. The van der Waals surface area contributed by atoms with E-state index in [0.29, 0.717) is 40.6 Å². The van der Waals surface area contributed by atoms with Crippen LogP contribution in [-0.2, 0) is 16.6 Å². The van der Waals surface area contributed by atoms with Gasteiger partial charge in [-0.15, -0.1) is 11.8 Å². The van der Waals surface area contributed by atoms with Gasteiger partial charge in [0.2, 0.25) is 5.91 Å². The van der Waals surface area contributed by atoms with Gasteiger partial charge in [-0.05, 0) is 81.4 Å². The summed E-state index contributed by atoms with van der Waals surface area (Å²) in [5.74, 6) is -0.694. The van der Waals surface area contributed by atoms with Crippen LogP contribution >= 0.6 is 11.8 Å². The lowest BCUT2D eigenvalue weighted by Gasteiger charge is -2.14. The van der Waals surface area contributed by atoms with Crippen LogP contribution in [0, 0.1) is 6.92 Å². The molecule has 0 saturated carbocycles. The summed E-state index contributed by atoms with van der Waals surface area (Å²) < 4.78 is 8.95. The monoisotopic (exact) mass is 675 g/mol. The molecule has 1 unspecified atom stereocenters. The third-order valence-corrected chi connectivity index (χ3v) is 8.76. The number of nitrogens with one attached hydrogen (secondary N) is 3. The van der Waals surface area contributed by atoms with Crippen LogP contribution < -0.4 is 26.2 Å². The van der Waals surface area contributed by atoms with Gasteiger partial charge in [0.1, 0.15) is 17.1 Å². The Morgan fingerprint density at radius 3 is 2.16 bits per heavy atom. The molecule has 1 heterocycles. The van der Waals surface area contributed by atoms with Gasteiger partial charge in [-0.1, -0.05) is 54.6 Å². The van der Waals surface area contributed by atoms with Gasteiger partial charge in [-0.2, -0.15) is 0 Å². The van der Waals surface area contributed by atoms with Crippen LogP contribution in [0.4, 0.5) is 11.4 Å². The van der Waals surface area contributed by atoms with Crippen molar-refractivity contribution in [1.82, 2.24) is 14.7 Å². The van der Waals surface area contributed by atoms with Crippen molar-refractivity contribution in [2.24, 2.45) is 7.05 Å². The van der Waals surface area contributed by atoms with Gasteiger partial charge in [-0.25, -0.2) is 4.68 Å². The van der Waals surface area contributed by atoms with Crippen LogP contribution in [0.25, 0.3) is 11.8 Å². The van der Waals surface area contributed by atoms with E-state index >= 15 is 0 Å². The Balaban J connectivity index is 1.28. The van der Waals surface area contributed by atoms with Crippen molar-refractivity contribution in [1.29, 1.82) is 0 Å². The van der Waals surface area contributed by atoms with E-state index < -0.39 is 17.1 Å². The highest BCUT2D eigenvalue weighted by Gasteiger charge is 2.22. The molecule has 0 radical (unpaired) electrons. The molecule has 3 N–H and O–H groups in total. The lowest BCUT2D eigenvalue weighted by atomic mass is 10.1. The zero-order chi connectivity index (χ0) is 34.9. The maximum atomic E-state index is 13.5. The molecule has 1 aromatic heterocycles. The third-order valence-electron chi connectivity index (χ3n) is 7.64. The minimum Gasteiger partial charge on any atom is -0.493 e. The molecule has 3 amide bonds. The molecule has 0 saturated heterocycles. The molecule has 11 heteroatoms. The minimum atomic E-state index is -0.530. The molecule has 5 rings (SSSR count). The Kier molecular flexibility index (Phi) is 11.2. The lowest BCUT2D eigenvalue weighted by molar-refractivity contribution is -0.115. The summed E-state index contributed by atoms with van der Waals surface area (Å²) in [4.78, 5) is 53.8. The molecule has 49 heavy (non-hydrogen) atoms. The normalized spacial score (nSPS) is 11.8. The van der Waals surface area contributed by atoms with Crippen LogP contribution in [-0.4, -0.2) is 38.9 Å². The number of carbonyl (C=O) groups excluding carboxylic acids is 3. The van der Waals surface area contributed by atoms with Crippen molar-refractivity contribution in [3.63, 3.8) is 0 Å². The van der Waals surface area contributed by atoms with Gasteiger partial charge in [-0.3, -0.25) is 23.9 Å². The summed E-state index contributed by atoms with van der Waals surface area (Å²) in [5, 5.41) is 7.88. The summed E-state index contributed by atoms with van der Waals surface area (Å²) in [6, 6.07) is 32.1. The maximum Gasteiger partial charge on any atom is 0.295 e. The molecular weight excluding hydrogens is 639 g/mol. The minimum absolute atomic E-state index is 0.0345. The Morgan fingerprint density at radius 2 is 1.49 bits per heavy atom. The lowest BCUT2D eigenvalue weighted by Crippen LogP contribution is -2.30. The number of benzene rings is 4. The van der Waals surface area contributed by atoms with Crippen LogP contribution in [0.3, 0.4) is 0 Å². The molecule has 0 fully saturated rings. The van der Waals surface area contributed by atoms with E-state index in [9.17, 15) is 19.2 Å². The van der Waals surface area contributed by atoms with E-state index in [2.05, 4.69) is 16.0 Å². The SMILES string of the molecule is CCOc1ccccc1/C=C(\NC(=O)c1ccccc1)C(=O)Nc1ccc(SC(C)C(=O)Nc2c(C)n(C)n(-c3ccccc3)c2=O)cc1. The van der Waals surface area contributed by atoms with Gasteiger partial charge in [0.15, 0.2) is 0 Å². The number of amides is 3. The van der Waals surface area contributed by atoms with Crippen LogP contribution in [0.15, 0.2) is 125 Å². The van der Waals surface area contributed by atoms with Crippen LogP contribution in [0.1, 0.15) is 35.5 Å². The number of aromatic nitrogens is 2. The predicted molar refractivity (Wildman–Crippen MR) is 194 cm³/mol. The van der Waals surface area contributed by atoms with Gasteiger partial charge >= 0.3 is 0 Å². The molecule has 10 nitrogen and oxygen atoms in total. The second-order valence-electron chi connectivity index (χ2n) is 11.0. The van der Waals surface area contributed by atoms with Gasteiger partial charge in [0.25, 0.3) is 17.4 Å². The fourth-order valence-corrected chi connectivity index (χ4v) is 5.86. The van der Waals surface area contributed by atoms with Crippen molar-refractivity contribution in [2.45, 2.75) is 30.9 Å². The standard InChI is InChI=1S/C38H37N5O5S/c1-5-48-33-19-13-12-16-28(33)24-32(40-36(45)27-14-8-6-9-15-27)37(46)39-29-20-22-31(23-21-29)49-26(3)35(44)41-34-25(2)42(4)43(38(34)47)30-17-10-7-11-18-30/h6-24,26H,5H2,1-4H3,(H,39,46)(H,40,45)(H,41,44)/b32-24-. The highest BCUT2D eigenvalue weighted by molar-refractivity contribution is 8.00. The zero-order valence-corrected chi connectivity index (χ0v) is 28.4. The first-order valence-corrected chi connectivity index (χ1v) is 16.6. The van der Waals surface area contributed by atoms with E-state index in [1.165, 1.54) is 16.4 Å². The molecule has 0 bridgehead atoms. The number of anilines is 2. The third kappa shape index (κ3) is 8.38. The first kappa shape index (κ1) is 34.5. The topological polar surface area (TPSA) is 123 Å². The largest absolute Gasteiger partial charge is 0.493 e. The van der Waals surface area contributed by atoms with Gasteiger partial charge < -0.3 is 20.7 Å². The molecule has 250 valence electrons. The molecule has 0 aliphatic rings. The van der Waals surface area contributed by atoms with Crippen molar-refractivity contribution in [3.8, 4) is 11.4 Å². The Hall–Kier alpha value is -5.81. The first-order valence-electron chi connectivity index (χ1n) is 15.7. The molecule has 1 atom stereocenters. The van der Waals surface area contributed by atoms with Crippen LogP contribution in [0.5, 0.6) is 5.75 Å². The van der Waals surface area contributed by atoms with E-state index in [1.807, 2.05) is 49.4 Å². The van der Waals surface area contributed by atoms with Gasteiger partial charge in [0.05, 0.1) is 23.2 Å². The zero-order valence-electron chi connectivity index (χ0n) is 27.6. The molecule has 4 aromatic carbocycles. The van der Waals surface area contributed by atoms with E-state index in [4.69, 9.17) is 4.74 Å². The number of thioether (sulfide) groups is 1. The van der Waals surface area contributed by atoms with E-state index in [-0.39, 0.29) is 22.9 Å². The highest BCUT2D eigenvalue weighted by Crippen LogP contribution is 2.27. The summed E-state index contributed by atoms with van der Waals surface area (Å²) in [7, 11) is 1.77. The quantitative estimate of drug-likeness (QED) is 0.104. The Labute approximate surface area is 288 Å². The highest BCUT2D eigenvalue weighted by atomic mass is 32.2. The summed E-state index contributed by atoms with van der Waals surface area (Å²) in [6.45, 7) is 5.85. The average Bonchev–Trinajstić information content (AvgIpc) is 3.32. The number of hydrogen-bond donors (Lipinski definition) is 3. The molecule has 0 spiro atoms. The molecule has 0 aliphatic heterocycles. The van der Waals surface area contributed by atoms with E-state index in [1.54, 1.807) is 98.4 Å². The van der Waals surface area contributed by atoms with E-state index in [0.717, 1.165) is 4.90 Å². The van der Waals surface area contributed by atoms with Crippen molar-refractivity contribution >= 4 is 46.9 Å². The Morgan fingerprint density at radius 1 is 0.857 bits per heavy atom. The number of carbonyl (C=O) groups is 3. The first-order chi connectivity index (χ1) is 23.7. The summed E-state index contributed by atoms with van der Waals surface area (Å²) >= 11 is 1.32. The Bertz CT molecular complexity index is 2040. The fraction of sp³-hybridized carbons (Fsp3) is 0.158. The van der Waals surface area contributed by atoms with Gasteiger partial charge in [0, 0.05) is 28.8 Å². The molecule has 5 aromatic rings. The maximum absolute atomic E-state index is 13.5. The fourth-order valence-electron chi connectivity index (χ4n) is 4.99. The van der Waals surface area contributed by atoms with Crippen molar-refractivity contribution in [3.05, 3.63) is 142 Å².